The molecule has 0 aliphatic carbocycles. The van der Waals surface area contributed by atoms with Gasteiger partial charge in [0.05, 0.1) is 12.8 Å². The van der Waals surface area contributed by atoms with Crippen molar-refractivity contribution >= 4 is 22.1 Å². The molecule has 0 saturated heterocycles. The van der Waals surface area contributed by atoms with Crippen LogP contribution in [-0.2, 0) is 10.0 Å². The maximum Gasteiger partial charge on any atom is 0.244 e. The molecule has 7 nitrogen and oxygen atoms in total. The zero-order valence-corrected chi connectivity index (χ0v) is 20.3. The lowest BCUT2D eigenvalue weighted by atomic mass is 10.1. The van der Waals surface area contributed by atoms with E-state index in [9.17, 15) is 8.42 Å². The number of hydrogen-bond acceptors (Lipinski definition) is 6. The predicted octanol–water partition coefficient (Wildman–Crippen LogP) is 5.30. The summed E-state index contributed by atoms with van der Waals surface area (Å²) in [5, 5.41) is 4.17. The van der Waals surface area contributed by atoms with Crippen LogP contribution >= 0.6 is 0 Å². The summed E-state index contributed by atoms with van der Waals surface area (Å²) in [5.74, 6) is 1.33. The van der Waals surface area contributed by atoms with E-state index in [-0.39, 0.29) is 4.90 Å². The molecule has 0 aliphatic heterocycles. The van der Waals surface area contributed by atoms with Crippen molar-refractivity contribution in [3.05, 3.63) is 48.2 Å². The fraction of sp³-hybridized carbons (Fsp3) is 0.500. The third-order valence-corrected chi connectivity index (χ3v) is 7.15. The molecule has 0 fully saturated rings. The highest BCUT2D eigenvalue weighted by Gasteiger charge is 2.21. The fourth-order valence-corrected chi connectivity index (χ4v) is 4.61. The number of benzene rings is 1. The van der Waals surface area contributed by atoms with Crippen molar-refractivity contribution in [1.29, 1.82) is 0 Å². The highest BCUT2D eigenvalue weighted by Crippen LogP contribution is 2.16. The molecule has 176 valence electrons. The molecular formula is C24H36N4O3S. The number of sulfonamides is 1. The summed E-state index contributed by atoms with van der Waals surface area (Å²) < 4.78 is 32.2. The summed E-state index contributed by atoms with van der Waals surface area (Å²) in [4.78, 5) is 4.33. The third kappa shape index (κ3) is 8.24. The molecule has 0 bridgehead atoms. The van der Waals surface area contributed by atoms with Crippen molar-refractivity contribution in [2.75, 3.05) is 25.1 Å². The van der Waals surface area contributed by atoms with Gasteiger partial charge < -0.3 is 4.74 Å². The lowest BCUT2D eigenvalue weighted by Gasteiger charge is -2.18. The highest BCUT2D eigenvalue weighted by atomic mass is 32.2. The molecule has 0 radical (unpaired) electrons. The van der Waals surface area contributed by atoms with Crippen LogP contribution in [0.5, 0.6) is 5.75 Å². The maximum atomic E-state index is 12.5. The molecule has 0 spiro atoms. The van der Waals surface area contributed by atoms with E-state index >= 15 is 0 Å². The molecule has 0 atom stereocenters. The van der Waals surface area contributed by atoms with E-state index < -0.39 is 10.0 Å². The van der Waals surface area contributed by atoms with E-state index in [0.29, 0.717) is 18.9 Å². The van der Waals surface area contributed by atoms with Crippen molar-refractivity contribution in [3.63, 3.8) is 0 Å². The molecule has 1 N–H and O–H groups in total. The molecule has 0 unspecified atom stereocenters. The Labute approximate surface area is 193 Å². The van der Waals surface area contributed by atoms with Gasteiger partial charge in [0, 0.05) is 19.3 Å². The minimum atomic E-state index is -3.51. The SMILES string of the molecule is CCCCCCCCOc1ccc(/C=N\Nc2ccc(S(=O)(=O)N(CC)CC)cn2)cc1. The number of unbranched alkanes of at least 4 members (excludes halogenated alkanes) is 5. The van der Waals surface area contributed by atoms with E-state index in [1.807, 2.05) is 38.1 Å². The molecule has 8 heteroatoms. The Balaban J connectivity index is 1.79. The van der Waals surface area contributed by atoms with E-state index in [4.69, 9.17) is 4.74 Å². The summed E-state index contributed by atoms with van der Waals surface area (Å²) in [6.45, 7) is 7.44. The van der Waals surface area contributed by atoms with Crippen molar-refractivity contribution in [2.24, 2.45) is 5.10 Å². The van der Waals surface area contributed by atoms with Crippen LogP contribution in [0.15, 0.2) is 52.6 Å². The standard InChI is InChI=1S/C24H36N4O3S/c1-4-7-8-9-10-11-18-31-22-14-12-21(13-15-22)19-26-27-24-17-16-23(20-25-24)32(29,30)28(5-2)6-3/h12-17,19-20H,4-11,18H2,1-3H3,(H,25,27)/b26-19-. The number of nitrogens with zero attached hydrogens (tertiary/aromatic N) is 3. The first-order valence-corrected chi connectivity index (χ1v) is 12.9. The summed E-state index contributed by atoms with van der Waals surface area (Å²) in [6, 6.07) is 10.9. The zero-order valence-electron chi connectivity index (χ0n) is 19.5. The number of aromatic nitrogens is 1. The van der Waals surface area contributed by atoms with Crippen LogP contribution in [0.25, 0.3) is 0 Å². The van der Waals surface area contributed by atoms with Gasteiger partial charge >= 0.3 is 0 Å². The van der Waals surface area contributed by atoms with E-state index in [1.165, 1.54) is 48.7 Å². The molecule has 0 saturated carbocycles. The second kappa shape index (κ2) is 13.9. The predicted molar refractivity (Wildman–Crippen MR) is 131 cm³/mol. The van der Waals surface area contributed by atoms with Crippen molar-refractivity contribution in [2.45, 2.75) is 64.2 Å². The Morgan fingerprint density at radius 2 is 1.66 bits per heavy atom. The van der Waals surface area contributed by atoms with Gasteiger partial charge in [0.25, 0.3) is 0 Å². The number of rotatable bonds is 15. The lowest BCUT2D eigenvalue weighted by Crippen LogP contribution is -2.30. The Kier molecular flexibility index (Phi) is 11.2. The minimum absolute atomic E-state index is 0.173. The molecular weight excluding hydrogens is 424 g/mol. The van der Waals surface area contributed by atoms with Crippen molar-refractivity contribution < 1.29 is 13.2 Å². The van der Waals surface area contributed by atoms with Crippen LogP contribution in [0, 0.1) is 0 Å². The first kappa shape index (κ1) is 25.8. The number of anilines is 1. The lowest BCUT2D eigenvalue weighted by molar-refractivity contribution is 0.304. The fourth-order valence-electron chi connectivity index (χ4n) is 3.21. The molecule has 2 rings (SSSR count). The number of hydrogen-bond donors (Lipinski definition) is 1. The number of pyridine rings is 1. The van der Waals surface area contributed by atoms with Gasteiger partial charge in [-0.2, -0.15) is 9.41 Å². The third-order valence-electron chi connectivity index (χ3n) is 5.12. The minimum Gasteiger partial charge on any atom is -0.494 e. The molecule has 2 aromatic rings. The van der Waals surface area contributed by atoms with Crippen molar-refractivity contribution in [1.82, 2.24) is 9.29 Å². The van der Waals surface area contributed by atoms with Gasteiger partial charge in [-0.3, -0.25) is 5.43 Å². The summed E-state index contributed by atoms with van der Waals surface area (Å²) in [7, 11) is -3.51. The van der Waals surface area contributed by atoms with Crippen LogP contribution in [0.4, 0.5) is 5.82 Å². The Morgan fingerprint density at radius 3 is 2.28 bits per heavy atom. The monoisotopic (exact) mass is 460 g/mol. The normalized spacial score (nSPS) is 11.9. The highest BCUT2D eigenvalue weighted by molar-refractivity contribution is 7.89. The van der Waals surface area contributed by atoms with Crippen LogP contribution < -0.4 is 10.2 Å². The largest absolute Gasteiger partial charge is 0.494 e. The number of nitrogens with one attached hydrogen (secondary N) is 1. The van der Waals surface area contributed by atoms with Crippen LogP contribution in [0.2, 0.25) is 0 Å². The first-order chi connectivity index (χ1) is 15.5. The average Bonchev–Trinajstić information content (AvgIpc) is 2.80. The second-order valence-electron chi connectivity index (χ2n) is 7.52. The van der Waals surface area contributed by atoms with Gasteiger partial charge in [0.2, 0.25) is 10.0 Å². The molecule has 0 amide bonds. The van der Waals surface area contributed by atoms with Crippen molar-refractivity contribution in [3.8, 4) is 5.75 Å². The summed E-state index contributed by atoms with van der Waals surface area (Å²) in [5.41, 5.74) is 3.75. The maximum absolute atomic E-state index is 12.5. The van der Waals surface area contributed by atoms with E-state index in [1.54, 1.807) is 12.3 Å². The zero-order chi connectivity index (χ0) is 23.2. The Bertz CT molecular complexity index is 909. The summed E-state index contributed by atoms with van der Waals surface area (Å²) >= 11 is 0. The van der Waals surface area contributed by atoms with Gasteiger partial charge in [-0.1, -0.05) is 52.9 Å². The van der Waals surface area contributed by atoms with Gasteiger partial charge in [0.1, 0.15) is 16.5 Å². The van der Waals surface area contributed by atoms with E-state index in [2.05, 4.69) is 22.4 Å². The molecule has 32 heavy (non-hydrogen) atoms. The van der Waals surface area contributed by atoms with Gasteiger partial charge in [-0.25, -0.2) is 13.4 Å². The Hall–Kier alpha value is -2.45. The molecule has 1 aromatic carbocycles. The van der Waals surface area contributed by atoms with Crippen LogP contribution in [0.1, 0.15) is 64.9 Å². The number of hydrazone groups is 1. The quantitative estimate of drug-likeness (QED) is 0.222. The smallest absolute Gasteiger partial charge is 0.244 e. The Morgan fingerprint density at radius 1 is 0.969 bits per heavy atom. The first-order valence-electron chi connectivity index (χ1n) is 11.5. The number of ether oxygens (including phenoxy) is 1. The van der Waals surface area contributed by atoms with E-state index in [0.717, 1.165) is 24.3 Å². The molecule has 1 heterocycles. The topological polar surface area (TPSA) is 83.9 Å². The van der Waals surface area contributed by atoms with Gasteiger partial charge in [0.15, 0.2) is 0 Å². The van der Waals surface area contributed by atoms with Crippen LogP contribution in [0.3, 0.4) is 0 Å². The molecule has 0 aliphatic rings. The summed E-state index contributed by atoms with van der Waals surface area (Å²) in [6.07, 6.45) is 10.5. The van der Waals surface area contributed by atoms with Crippen LogP contribution in [-0.4, -0.2) is 43.6 Å². The van der Waals surface area contributed by atoms with Gasteiger partial charge in [-0.05, 0) is 48.4 Å². The average molecular weight is 461 g/mol. The van der Waals surface area contributed by atoms with Gasteiger partial charge in [-0.15, -0.1) is 0 Å². The second-order valence-corrected chi connectivity index (χ2v) is 9.46. The molecule has 1 aromatic heterocycles.